The van der Waals surface area contributed by atoms with Crippen LogP contribution in [0, 0.1) is 23.7 Å². The van der Waals surface area contributed by atoms with Crippen molar-refractivity contribution in [2.75, 3.05) is 0 Å². The van der Waals surface area contributed by atoms with Crippen LogP contribution in [0.3, 0.4) is 0 Å². The second kappa shape index (κ2) is 3.14. The lowest BCUT2D eigenvalue weighted by Gasteiger charge is -2.38. The van der Waals surface area contributed by atoms with Gasteiger partial charge in [0.2, 0.25) is 0 Å². The summed E-state index contributed by atoms with van der Waals surface area (Å²) in [5.74, 6) is 3.82. The Balaban J connectivity index is 1.75. The summed E-state index contributed by atoms with van der Waals surface area (Å²) in [6.45, 7) is 0. The fourth-order valence-corrected chi connectivity index (χ4v) is 5.15. The molecule has 0 saturated heterocycles. The van der Waals surface area contributed by atoms with E-state index in [-0.39, 0.29) is 0 Å². The van der Waals surface area contributed by atoms with Crippen LogP contribution in [-0.4, -0.2) is 14.7 Å². The molecule has 0 spiro atoms. The zero-order chi connectivity index (χ0) is 11.6. The fraction of sp³-hybridized carbons (Fsp3) is 0.786. The molecule has 5 unspecified atom stereocenters. The van der Waals surface area contributed by atoms with Crippen molar-refractivity contribution in [1.29, 1.82) is 0 Å². The van der Waals surface area contributed by atoms with Gasteiger partial charge in [0.15, 0.2) is 0 Å². The summed E-state index contributed by atoms with van der Waals surface area (Å²) in [6, 6.07) is 0. The van der Waals surface area contributed by atoms with Crippen LogP contribution in [0.4, 0.5) is 0 Å². The molecule has 3 heteroatoms. The maximum atomic E-state index is 11.1. The van der Waals surface area contributed by atoms with Gasteiger partial charge in [-0.15, -0.1) is 0 Å². The molecule has 1 N–H and O–H groups in total. The van der Waals surface area contributed by atoms with Crippen LogP contribution in [0.1, 0.15) is 37.9 Å². The van der Waals surface area contributed by atoms with E-state index in [0.29, 0.717) is 5.92 Å². The Kier molecular flexibility index (Phi) is 1.87. The lowest BCUT2D eigenvalue weighted by molar-refractivity contribution is -0.0600. The molecule has 1 heterocycles. The van der Waals surface area contributed by atoms with Crippen molar-refractivity contribution in [1.82, 2.24) is 9.55 Å². The maximum Gasteiger partial charge on any atom is 0.140 e. The minimum Gasteiger partial charge on any atom is -0.382 e. The van der Waals surface area contributed by atoms with Crippen molar-refractivity contribution in [3.05, 3.63) is 18.2 Å². The summed E-state index contributed by atoms with van der Waals surface area (Å²) >= 11 is 0. The van der Waals surface area contributed by atoms with Gasteiger partial charge < -0.3 is 9.67 Å². The van der Waals surface area contributed by atoms with E-state index >= 15 is 0 Å². The SMILES string of the molecule is Cn1ccnc1C1(O)CC2CC1C1CCCC21. The normalized spacial score (nSPS) is 47.6. The van der Waals surface area contributed by atoms with E-state index in [1.807, 2.05) is 24.0 Å². The minimum atomic E-state index is -0.631. The number of aliphatic hydroxyl groups is 1. The zero-order valence-electron chi connectivity index (χ0n) is 10.3. The summed E-state index contributed by atoms with van der Waals surface area (Å²) in [5.41, 5.74) is -0.631. The highest BCUT2D eigenvalue weighted by Gasteiger charge is 2.62. The van der Waals surface area contributed by atoms with Crippen molar-refractivity contribution in [2.24, 2.45) is 30.7 Å². The van der Waals surface area contributed by atoms with Crippen LogP contribution >= 0.6 is 0 Å². The van der Waals surface area contributed by atoms with Gasteiger partial charge in [0, 0.05) is 19.4 Å². The molecule has 3 saturated carbocycles. The molecule has 1 aromatic rings. The third-order valence-corrected chi connectivity index (χ3v) is 5.70. The maximum absolute atomic E-state index is 11.1. The number of nitrogens with zero attached hydrogens (tertiary/aromatic N) is 2. The van der Waals surface area contributed by atoms with Gasteiger partial charge in [0.05, 0.1) is 0 Å². The van der Waals surface area contributed by atoms with Gasteiger partial charge in [0.1, 0.15) is 11.4 Å². The molecule has 3 aliphatic carbocycles. The molecule has 3 aliphatic rings. The topological polar surface area (TPSA) is 38.0 Å². The predicted octanol–water partition coefficient (Wildman–Crippen LogP) is 2.06. The van der Waals surface area contributed by atoms with Crippen molar-refractivity contribution in [2.45, 2.75) is 37.7 Å². The van der Waals surface area contributed by atoms with Gasteiger partial charge in [-0.2, -0.15) is 0 Å². The molecule has 1 aromatic heterocycles. The summed E-state index contributed by atoms with van der Waals surface area (Å²) in [7, 11) is 2.00. The van der Waals surface area contributed by atoms with Gasteiger partial charge in [0.25, 0.3) is 0 Å². The second-order valence-corrected chi connectivity index (χ2v) is 6.35. The average molecular weight is 232 g/mol. The first kappa shape index (κ1) is 10.1. The number of rotatable bonds is 1. The van der Waals surface area contributed by atoms with Crippen LogP contribution in [0.25, 0.3) is 0 Å². The Hall–Kier alpha value is -0.830. The second-order valence-electron chi connectivity index (χ2n) is 6.35. The number of hydrogen-bond acceptors (Lipinski definition) is 2. The molecule has 2 bridgehead atoms. The fourth-order valence-electron chi connectivity index (χ4n) is 5.15. The summed E-state index contributed by atoms with van der Waals surface area (Å²) in [4.78, 5) is 4.42. The van der Waals surface area contributed by atoms with Crippen molar-refractivity contribution in [3.63, 3.8) is 0 Å². The molecule has 92 valence electrons. The molecular weight excluding hydrogens is 212 g/mol. The van der Waals surface area contributed by atoms with Crippen LogP contribution < -0.4 is 0 Å². The number of aromatic nitrogens is 2. The Morgan fingerprint density at radius 2 is 2.24 bits per heavy atom. The molecule has 3 fully saturated rings. The molecular formula is C14H20N2O. The Morgan fingerprint density at radius 3 is 3.00 bits per heavy atom. The lowest BCUT2D eigenvalue weighted by atomic mass is 9.72. The molecule has 0 amide bonds. The Labute approximate surface area is 102 Å². The van der Waals surface area contributed by atoms with Crippen molar-refractivity contribution >= 4 is 0 Å². The molecule has 3 nitrogen and oxygen atoms in total. The van der Waals surface area contributed by atoms with E-state index in [1.165, 1.54) is 25.7 Å². The zero-order valence-corrected chi connectivity index (χ0v) is 10.3. The molecule has 0 radical (unpaired) electrons. The van der Waals surface area contributed by atoms with Crippen LogP contribution in [0.15, 0.2) is 12.4 Å². The van der Waals surface area contributed by atoms with Gasteiger partial charge in [-0.25, -0.2) is 4.98 Å². The molecule has 5 atom stereocenters. The Morgan fingerprint density at radius 1 is 1.41 bits per heavy atom. The van der Waals surface area contributed by atoms with Gasteiger partial charge >= 0.3 is 0 Å². The number of imidazole rings is 1. The monoisotopic (exact) mass is 232 g/mol. The minimum absolute atomic E-state index is 0.473. The first-order chi connectivity index (χ1) is 8.20. The molecule has 0 aromatic carbocycles. The van der Waals surface area contributed by atoms with E-state index in [0.717, 1.165) is 30.0 Å². The van der Waals surface area contributed by atoms with Crippen LogP contribution in [0.2, 0.25) is 0 Å². The van der Waals surface area contributed by atoms with E-state index in [2.05, 4.69) is 4.98 Å². The van der Waals surface area contributed by atoms with Gasteiger partial charge in [-0.05, 0) is 49.4 Å². The van der Waals surface area contributed by atoms with Crippen LogP contribution in [0.5, 0.6) is 0 Å². The standard InChI is InChI=1S/C14H20N2O/c1-16-6-5-15-13(16)14(17)8-9-7-12(14)11-4-2-3-10(9)11/h5-6,9-12,17H,2-4,7-8H2,1H3. The average Bonchev–Trinajstić information content (AvgIpc) is 2.95. The van der Waals surface area contributed by atoms with Crippen molar-refractivity contribution < 1.29 is 5.11 Å². The van der Waals surface area contributed by atoms with E-state index in [9.17, 15) is 5.11 Å². The highest BCUT2D eigenvalue weighted by Crippen LogP contribution is 2.64. The largest absolute Gasteiger partial charge is 0.382 e. The van der Waals surface area contributed by atoms with E-state index < -0.39 is 5.60 Å². The summed E-state index contributed by atoms with van der Waals surface area (Å²) < 4.78 is 2.00. The molecule has 0 aliphatic heterocycles. The first-order valence-corrected chi connectivity index (χ1v) is 6.90. The van der Waals surface area contributed by atoms with Gasteiger partial charge in [-0.1, -0.05) is 6.42 Å². The highest BCUT2D eigenvalue weighted by atomic mass is 16.3. The smallest absolute Gasteiger partial charge is 0.140 e. The van der Waals surface area contributed by atoms with Crippen LogP contribution in [-0.2, 0) is 12.6 Å². The predicted molar refractivity (Wildman–Crippen MR) is 64.1 cm³/mol. The number of fused-ring (bicyclic) bond motifs is 5. The summed E-state index contributed by atoms with van der Waals surface area (Å²) in [6.07, 6.45) is 10.1. The quantitative estimate of drug-likeness (QED) is 0.805. The van der Waals surface area contributed by atoms with E-state index in [1.54, 1.807) is 0 Å². The van der Waals surface area contributed by atoms with E-state index in [4.69, 9.17) is 0 Å². The number of aryl methyl sites for hydroxylation is 1. The first-order valence-electron chi connectivity index (χ1n) is 6.90. The third kappa shape index (κ3) is 1.13. The van der Waals surface area contributed by atoms with Gasteiger partial charge in [-0.3, -0.25) is 0 Å². The van der Waals surface area contributed by atoms with Crippen molar-refractivity contribution in [3.8, 4) is 0 Å². The highest BCUT2D eigenvalue weighted by molar-refractivity contribution is 5.18. The lowest BCUT2D eigenvalue weighted by Crippen LogP contribution is -2.40. The number of hydrogen-bond donors (Lipinski definition) is 1. The third-order valence-electron chi connectivity index (χ3n) is 5.70. The Bertz CT molecular complexity index is 455. The molecule has 4 rings (SSSR count). The molecule has 17 heavy (non-hydrogen) atoms. The summed E-state index contributed by atoms with van der Waals surface area (Å²) in [5, 5.41) is 11.1.